The fraction of sp³-hybridized carbons (Fsp3) is 0.368. The molecule has 1 fully saturated rings. The Balaban J connectivity index is 1.39. The summed E-state index contributed by atoms with van der Waals surface area (Å²) in [4.78, 5) is 16.9. The number of rotatable bonds is 7. The van der Waals surface area contributed by atoms with Gasteiger partial charge in [0.25, 0.3) is 0 Å². The van der Waals surface area contributed by atoms with Crippen LogP contribution in [0.5, 0.6) is 11.5 Å². The zero-order valence-electron chi connectivity index (χ0n) is 16.0. The quantitative estimate of drug-likeness (QED) is 0.608. The fourth-order valence-electron chi connectivity index (χ4n) is 3.01. The number of hydrogen-bond acceptors (Lipinski definition) is 9. The smallest absolute Gasteiger partial charge is 0.232 e. The first-order chi connectivity index (χ1) is 14.2. The van der Waals surface area contributed by atoms with E-state index >= 15 is 0 Å². The topological polar surface area (TPSA) is 95.5 Å². The molecule has 1 aromatic carbocycles. The van der Waals surface area contributed by atoms with E-state index in [0.717, 1.165) is 35.0 Å². The highest BCUT2D eigenvalue weighted by molar-refractivity contribution is 7.15. The minimum atomic E-state index is -0.177. The molecule has 3 heterocycles. The van der Waals surface area contributed by atoms with Crippen LogP contribution in [0.15, 0.2) is 23.6 Å². The number of carbonyl (C=O) groups excluding carboxylic acids is 1. The second-order valence-electron chi connectivity index (χ2n) is 6.39. The number of anilines is 1. The number of hydrogen-bond donors (Lipinski definition) is 1. The number of benzene rings is 1. The summed E-state index contributed by atoms with van der Waals surface area (Å²) in [5.41, 5.74) is 1.60. The minimum absolute atomic E-state index is 0.000684. The van der Waals surface area contributed by atoms with Crippen molar-refractivity contribution in [3.05, 3.63) is 34.3 Å². The van der Waals surface area contributed by atoms with Gasteiger partial charge in [0.15, 0.2) is 11.5 Å². The number of ether oxygens (including phenoxy) is 3. The molecular weight excluding hydrogens is 412 g/mol. The zero-order valence-corrected chi connectivity index (χ0v) is 17.6. The average molecular weight is 433 g/mol. The van der Waals surface area contributed by atoms with Crippen LogP contribution in [0.2, 0.25) is 0 Å². The first-order valence-electron chi connectivity index (χ1n) is 9.08. The molecule has 0 unspecified atom stereocenters. The fourth-order valence-corrected chi connectivity index (χ4v) is 4.67. The molecule has 10 heteroatoms. The Hall–Kier alpha value is -2.56. The molecule has 1 saturated heterocycles. The van der Waals surface area contributed by atoms with E-state index < -0.39 is 0 Å². The zero-order chi connectivity index (χ0) is 20.2. The van der Waals surface area contributed by atoms with Crippen molar-refractivity contribution in [3.8, 4) is 22.1 Å². The SMILES string of the molecule is COc1ccc(-c2nc(CC(=O)Nc3nnc([C@@H]4CCCO4)s3)cs2)cc1OC. The van der Waals surface area contributed by atoms with Gasteiger partial charge in [-0.1, -0.05) is 11.3 Å². The molecule has 29 heavy (non-hydrogen) atoms. The molecule has 1 amide bonds. The summed E-state index contributed by atoms with van der Waals surface area (Å²) in [6.07, 6.45) is 2.14. The van der Waals surface area contributed by atoms with Gasteiger partial charge in [-0.25, -0.2) is 4.98 Å². The molecule has 1 N–H and O–H groups in total. The van der Waals surface area contributed by atoms with Crippen LogP contribution in [-0.2, 0) is 16.0 Å². The molecule has 0 radical (unpaired) electrons. The summed E-state index contributed by atoms with van der Waals surface area (Å²) in [6, 6.07) is 5.62. The highest BCUT2D eigenvalue weighted by Gasteiger charge is 2.22. The lowest BCUT2D eigenvalue weighted by Crippen LogP contribution is -2.14. The third-order valence-electron chi connectivity index (χ3n) is 4.42. The summed E-state index contributed by atoms with van der Waals surface area (Å²) in [5, 5.41) is 14.9. The van der Waals surface area contributed by atoms with Crippen molar-refractivity contribution in [1.29, 1.82) is 0 Å². The van der Waals surface area contributed by atoms with Crippen LogP contribution in [0, 0.1) is 0 Å². The van der Waals surface area contributed by atoms with Crippen LogP contribution < -0.4 is 14.8 Å². The molecule has 0 bridgehead atoms. The number of amides is 1. The molecular formula is C19H20N4O4S2. The van der Waals surface area contributed by atoms with Crippen LogP contribution in [0.25, 0.3) is 10.6 Å². The summed E-state index contributed by atoms with van der Waals surface area (Å²) >= 11 is 2.83. The van der Waals surface area contributed by atoms with Gasteiger partial charge in [0.05, 0.1) is 26.3 Å². The van der Waals surface area contributed by atoms with Crippen LogP contribution in [0.3, 0.4) is 0 Å². The Labute approximate surface area is 175 Å². The monoisotopic (exact) mass is 432 g/mol. The molecule has 0 saturated carbocycles. The number of nitrogens with one attached hydrogen (secondary N) is 1. The normalized spacial score (nSPS) is 16.0. The summed E-state index contributed by atoms with van der Waals surface area (Å²) < 4.78 is 16.2. The Morgan fingerprint density at radius 2 is 2.14 bits per heavy atom. The van der Waals surface area contributed by atoms with Gasteiger partial charge >= 0.3 is 0 Å². The molecule has 0 aliphatic carbocycles. The van der Waals surface area contributed by atoms with Gasteiger partial charge in [-0.05, 0) is 31.0 Å². The first-order valence-corrected chi connectivity index (χ1v) is 10.8. The van der Waals surface area contributed by atoms with E-state index in [9.17, 15) is 4.79 Å². The average Bonchev–Trinajstić information content (AvgIpc) is 3.49. The molecule has 3 aromatic rings. The lowest BCUT2D eigenvalue weighted by molar-refractivity contribution is -0.115. The Bertz CT molecular complexity index is 998. The lowest BCUT2D eigenvalue weighted by Gasteiger charge is -2.08. The Morgan fingerprint density at radius 1 is 1.28 bits per heavy atom. The van der Waals surface area contributed by atoms with Crippen molar-refractivity contribution < 1.29 is 19.0 Å². The van der Waals surface area contributed by atoms with Gasteiger partial charge in [-0.15, -0.1) is 21.5 Å². The molecule has 0 spiro atoms. The maximum absolute atomic E-state index is 12.4. The number of methoxy groups -OCH3 is 2. The standard InChI is InChI=1S/C19H20N4O4S2/c1-25-13-6-5-11(8-15(13)26-2)17-20-12(10-28-17)9-16(24)21-19-23-22-18(29-19)14-4-3-7-27-14/h5-6,8,10,14H,3-4,7,9H2,1-2H3,(H,21,23,24)/t14-/m0/s1. The van der Waals surface area contributed by atoms with Gasteiger partial charge in [0.2, 0.25) is 11.0 Å². The molecule has 2 aromatic heterocycles. The maximum Gasteiger partial charge on any atom is 0.232 e. The van der Waals surface area contributed by atoms with E-state index in [1.54, 1.807) is 14.2 Å². The number of aromatic nitrogens is 3. The van der Waals surface area contributed by atoms with Crippen molar-refractivity contribution >= 4 is 33.7 Å². The highest BCUT2D eigenvalue weighted by atomic mass is 32.1. The maximum atomic E-state index is 12.4. The van der Waals surface area contributed by atoms with E-state index in [-0.39, 0.29) is 18.4 Å². The second kappa shape index (κ2) is 8.85. The first kappa shape index (κ1) is 19.7. The predicted octanol–water partition coefficient (Wildman–Crippen LogP) is 3.71. The largest absolute Gasteiger partial charge is 0.493 e. The van der Waals surface area contributed by atoms with Gasteiger partial charge < -0.3 is 19.5 Å². The number of thiazole rings is 1. The second-order valence-corrected chi connectivity index (χ2v) is 8.25. The van der Waals surface area contributed by atoms with Gasteiger partial charge in [-0.3, -0.25) is 4.79 Å². The van der Waals surface area contributed by atoms with Crippen molar-refractivity contribution in [2.24, 2.45) is 0 Å². The Morgan fingerprint density at radius 3 is 2.90 bits per heavy atom. The van der Waals surface area contributed by atoms with Crippen LogP contribution >= 0.6 is 22.7 Å². The number of nitrogens with zero attached hydrogens (tertiary/aromatic N) is 3. The van der Waals surface area contributed by atoms with Crippen LogP contribution in [0.1, 0.15) is 29.6 Å². The third-order valence-corrected chi connectivity index (χ3v) is 6.29. The molecule has 152 valence electrons. The van der Waals surface area contributed by atoms with Gasteiger partial charge in [0.1, 0.15) is 16.1 Å². The Kier molecular flexibility index (Phi) is 6.02. The molecule has 1 atom stereocenters. The molecule has 8 nitrogen and oxygen atoms in total. The van der Waals surface area contributed by atoms with Crippen molar-refractivity contribution in [1.82, 2.24) is 15.2 Å². The van der Waals surface area contributed by atoms with E-state index in [1.807, 2.05) is 23.6 Å². The minimum Gasteiger partial charge on any atom is -0.493 e. The van der Waals surface area contributed by atoms with Crippen molar-refractivity contribution in [3.63, 3.8) is 0 Å². The molecule has 1 aliphatic heterocycles. The predicted molar refractivity (Wildman–Crippen MR) is 111 cm³/mol. The van der Waals surface area contributed by atoms with Crippen molar-refractivity contribution in [2.75, 3.05) is 26.1 Å². The van der Waals surface area contributed by atoms with Crippen LogP contribution in [-0.4, -0.2) is 41.9 Å². The van der Waals surface area contributed by atoms with E-state index in [4.69, 9.17) is 14.2 Å². The summed E-state index contributed by atoms with van der Waals surface area (Å²) in [6.45, 7) is 0.748. The molecule has 1 aliphatic rings. The highest BCUT2D eigenvalue weighted by Crippen LogP contribution is 2.34. The van der Waals surface area contributed by atoms with Crippen LogP contribution in [0.4, 0.5) is 5.13 Å². The summed E-state index contributed by atoms with van der Waals surface area (Å²) in [5.74, 6) is 1.12. The van der Waals surface area contributed by atoms with E-state index in [1.165, 1.54) is 22.7 Å². The summed E-state index contributed by atoms with van der Waals surface area (Å²) in [7, 11) is 3.19. The van der Waals surface area contributed by atoms with E-state index in [2.05, 4.69) is 20.5 Å². The van der Waals surface area contributed by atoms with Gasteiger partial charge in [0, 0.05) is 17.6 Å². The van der Waals surface area contributed by atoms with E-state index in [0.29, 0.717) is 22.3 Å². The molecule has 4 rings (SSSR count). The number of carbonyl (C=O) groups is 1. The van der Waals surface area contributed by atoms with Crippen molar-refractivity contribution in [2.45, 2.75) is 25.4 Å². The third kappa shape index (κ3) is 4.55. The lowest BCUT2D eigenvalue weighted by atomic mass is 10.2. The van der Waals surface area contributed by atoms with Gasteiger partial charge in [-0.2, -0.15) is 0 Å².